The van der Waals surface area contributed by atoms with Crippen LogP contribution in [0.4, 0.5) is 14.5 Å². The van der Waals surface area contributed by atoms with Gasteiger partial charge in [-0.3, -0.25) is 0 Å². The van der Waals surface area contributed by atoms with Gasteiger partial charge in [0, 0.05) is 18.3 Å². The average Bonchev–Trinajstić information content (AvgIpc) is 3.07. The van der Waals surface area contributed by atoms with Gasteiger partial charge in [-0.05, 0) is 74.3 Å². The third-order valence-corrected chi connectivity index (χ3v) is 6.99. The maximum atomic E-state index is 14.0. The molecule has 2 aliphatic rings. The number of anilines is 1. The number of hydrogen-bond donors (Lipinski definition) is 1. The largest absolute Gasteiger partial charge is 0.368 e. The molecule has 0 spiro atoms. The minimum Gasteiger partial charge on any atom is -0.368 e. The molecule has 7 heteroatoms. The topological polar surface area (TPSA) is 49.4 Å². The number of fused-ring (bicyclic) bond motifs is 1. The van der Waals surface area contributed by atoms with Gasteiger partial charge in [0.2, 0.25) is 9.84 Å². The summed E-state index contributed by atoms with van der Waals surface area (Å²) in [5, 5.41) is 3.35. The summed E-state index contributed by atoms with van der Waals surface area (Å²) in [6.45, 7) is 2.83. The normalized spacial score (nSPS) is 18.2. The summed E-state index contributed by atoms with van der Waals surface area (Å²) in [6, 6.07) is 7.85. The smallest absolute Gasteiger partial charge is 0.209 e. The minimum atomic E-state index is -4.10. The second kappa shape index (κ2) is 6.63. The molecule has 0 saturated carbocycles. The fourth-order valence-corrected chi connectivity index (χ4v) is 5.27. The second-order valence-corrected chi connectivity index (χ2v) is 8.71. The van der Waals surface area contributed by atoms with Gasteiger partial charge >= 0.3 is 0 Å². The van der Waals surface area contributed by atoms with E-state index in [1.54, 1.807) is 12.1 Å². The van der Waals surface area contributed by atoms with Crippen LogP contribution in [0.5, 0.6) is 0 Å². The Morgan fingerprint density at radius 2 is 1.81 bits per heavy atom. The van der Waals surface area contributed by atoms with Crippen LogP contribution in [-0.4, -0.2) is 34.1 Å². The van der Waals surface area contributed by atoms with Gasteiger partial charge in [-0.2, -0.15) is 0 Å². The molecule has 2 aromatic carbocycles. The highest BCUT2D eigenvalue weighted by Gasteiger charge is 2.29. The van der Waals surface area contributed by atoms with Crippen molar-refractivity contribution in [2.75, 3.05) is 24.5 Å². The molecule has 2 heterocycles. The van der Waals surface area contributed by atoms with Gasteiger partial charge in [0.25, 0.3) is 0 Å². The molecule has 0 radical (unpaired) electrons. The molecular formula is C19H20F2N2O2S. The summed E-state index contributed by atoms with van der Waals surface area (Å²) in [6.07, 6.45) is 2.89. The number of nitrogens with zero attached hydrogens (tertiary/aromatic N) is 1. The zero-order chi connectivity index (χ0) is 18.3. The molecule has 26 heavy (non-hydrogen) atoms. The van der Waals surface area contributed by atoms with E-state index in [9.17, 15) is 17.2 Å². The fraction of sp³-hybridized carbons (Fsp3) is 0.368. The van der Waals surface area contributed by atoms with Crippen molar-refractivity contribution in [3.63, 3.8) is 0 Å². The summed E-state index contributed by atoms with van der Waals surface area (Å²) < 4.78 is 52.9. The first kappa shape index (κ1) is 17.4. The lowest BCUT2D eigenvalue weighted by Gasteiger charge is -2.33. The second-order valence-electron chi connectivity index (χ2n) is 6.79. The van der Waals surface area contributed by atoms with Crippen LogP contribution in [0.25, 0.3) is 0 Å². The molecule has 0 unspecified atom stereocenters. The molecule has 0 aliphatic carbocycles. The van der Waals surface area contributed by atoms with Crippen molar-refractivity contribution >= 4 is 15.5 Å². The first-order valence-electron chi connectivity index (χ1n) is 8.77. The highest BCUT2D eigenvalue weighted by Crippen LogP contribution is 2.35. The fourth-order valence-electron chi connectivity index (χ4n) is 3.88. The molecule has 1 fully saturated rings. The Labute approximate surface area is 151 Å². The van der Waals surface area contributed by atoms with Gasteiger partial charge in [0.05, 0.1) is 4.90 Å². The number of halogens is 2. The molecule has 4 rings (SSSR count). The van der Waals surface area contributed by atoms with Gasteiger partial charge in [-0.1, -0.05) is 0 Å². The van der Waals surface area contributed by atoms with E-state index < -0.39 is 26.4 Å². The van der Waals surface area contributed by atoms with Gasteiger partial charge in [-0.15, -0.1) is 0 Å². The van der Waals surface area contributed by atoms with Crippen LogP contribution in [-0.2, 0) is 16.3 Å². The van der Waals surface area contributed by atoms with Crippen LogP contribution in [0.3, 0.4) is 0 Å². The van der Waals surface area contributed by atoms with Gasteiger partial charge < -0.3 is 10.2 Å². The third-order valence-electron chi connectivity index (χ3n) is 5.22. The van der Waals surface area contributed by atoms with Crippen molar-refractivity contribution in [2.45, 2.75) is 35.1 Å². The van der Waals surface area contributed by atoms with E-state index >= 15 is 0 Å². The first-order chi connectivity index (χ1) is 12.5. The average molecular weight is 378 g/mol. The van der Waals surface area contributed by atoms with E-state index in [1.807, 2.05) is 0 Å². The van der Waals surface area contributed by atoms with Crippen LogP contribution in [0.1, 0.15) is 18.4 Å². The van der Waals surface area contributed by atoms with E-state index in [0.717, 1.165) is 68.3 Å². The zero-order valence-electron chi connectivity index (χ0n) is 14.2. The number of piperidine rings is 1. The maximum Gasteiger partial charge on any atom is 0.209 e. The van der Waals surface area contributed by atoms with E-state index in [0.29, 0.717) is 6.04 Å². The monoisotopic (exact) mass is 378 g/mol. The minimum absolute atomic E-state index is 0.00732. The Morgan fingerprint density at radius 3 is 2.58 bits per heavy atom. The van der Waals surface area contributed by atoms with Crippen molar-refractivity contribution < 1.29 is 17.2 Å². The summed E-state index contributed by atoms with van der Waals surface area (Å²) in [5.74, 6) is -1.72. The van der Waals surface area contributed by atoms with Crippen LogP contribution in [0.15, 0.2) is 46.2 Å². The maximum absolute atomic E-state index is 14.0. The standard InChI is InChI=1S/C19H20F2N2O2S/c20-14-1-3-17(21)19(12-14)26(24,25)16-2-4-18-13(11-16)7-10-23(18)15-5-8-22-9-6-15/h1-4,11-12,15,22H,5-10H2. The van der Waals surface area contributed by atoms with Crippen LogP contribution >= 0.6 is 0 Å². The lowest BCUT2D eigenvalue weighted by molar-refractivity contribution is 0.435. The summed E-state index contributed by atoms with van der Waals surface area (Å²) in [7, 11) is -4.10. The molecule has 4 nitrogen and oxygen atoms in total. The number of benzene rings is 2. The Kier molecular flexibility index (Phi) is 4.44. The molecule has 0 aromatic heterocycles. The van der Waals surface area contributed by atoms with Crippen molar-refractivity contribution in [1.82, 2.24) is 5.32 Å². The van der Waals surface area contributed by atoms with E-state index in [4.69, 9.17) is 0 Å². The van der Waals surface area contributed by atoms with E-state index in [-0.39, 0.29) is 4.90 Å². The molecule has 0 atom stereocenters. The number of sulfone groups is 1. The molecule has 2 aliphatic heterocycles. The van der Waals surface area contributed by atoms with Crippen LogP contribution in [0.2, 0.25) is 0 Å². The van der Waals surface area contributed by atoms with Crippen molar-refractivity contribution in [1.29, 1.82) is 0 Å². The molecule has 2 aromatic rings. The van der Waals surface area contributed by atoms with Crippen LogP contribution in [0, 0.1) is 11.6 Å². The third kappa shape index (κ3) is 2.99. The highest BCUT2D eigenvalue weighted by atomic mass is 32.2. The van der Waals surface area contributed by atoms with Gasteiger partial charge in [-0.25, -0.2) is 17.2 Å². The predicted octanol–water partition coefficient (Wildman–Crippen LogP) is 2.91. The van der Waals surface area contributed by atoms with E-state index in [2.05, 4.69) is 10.2 Å². The molecule has 0 amide bonds. The quantitative estimate of drug-likeness (QED) is 0.892. The molecule has 1 saturated heterocycles. The zero-order valence-corrected chi connectivity index (χ0v) is 15.0. The number of nitrogens with one attached hydrogen (secondary N) is 1. The van der Waals surface area contributed by atoms with Gasteiger partial charge in [0.15, 0.2) is 0 Å². The Hall–Kier alpha value is -1.99. The highest BCUT2D eigenvalue weighted by molar-refractivity contribution is 7.91. The molecule has 1 N–H and O–H groups in total. The van der Waals surface area contributed by atoms with E-state index in [1.165, 1.54) is 6.07 Å². The predicted molar refractivity (Wildman–Crippen MR) is 95.2 cm³/mol. The SMILES string of the molecule is O=S(=O)(c1ccc2c(c1)CCN2C1CCNCC1)c1cc(F)ccc1F. The summed E-state index contributed by atoms with van der Waals surface area (Å²) in [5.41, 5.74) is 2.00. The van der Waals surface area contributed by atoms with Crippen molar-refractivity contribution in [2.24, 2.45) is 0 Å². The molecule has 138 valence electrons. The lowest BCUT2D eigenvalue weighted by atomic mass is 10.0. The van der Waals surface area contributed by atoms with Crippen molar-refractivity contribution in [3.05, 3.63) is 53.6 Å². The van der Waals surface area contributed by atoms with Gasteiger partial charge in [0.1, 0.15) is 16.5 Å². The van der Waals surface area contributed by atoms with Crippen LogP contribution < -0.4 is 10.2 Å². The number of rotatable bonds is 3. The number of hydrogen-bond acceptors (Lipinski definition) is 4. The first-order valence-corrected chi connectivity index (χ1v) is 10.3. The Balaban J connectivity index is 1.68. The Morgan fingerprint density at radius 1 is 1.04 bits per heavy atom. The Bertz CT molecular complexity index is 941. The van der Waals surface area contributed by atoms with Crippen molar-refractivity contribution in [3.8, 4) is 0 Å². The summed E-state index contributed by atoms with van der Waals surface area (Å²) in [4.78, 5) is 1.73. The lowest BCUT2D eigenvalue weighted by Crippen LogP contribution is -2.42. The molecule has 0 bridgehead atoms. The summed E-state index contributed by atoms with van der Waals surface area (Å²) >= 11 is 0. The molecular weight excluding hydrogens is 358 g/mol.